The molecule has 33 heavy (non-hydrogen) atoms. The van der Waals surface area contributed by atoms with Crippen molar-refractivity contribution in [2.75, 3.05) is 36.4 Å². The lowest BCUT2D eigenvalue weighted by atomic mass is 10.1. The van der Waals surface area contributed by atoms with Crippen LogP contribution in [0.5, 0.6) is 0 Å². The summed E-state index contributed by atoms with van der Waals surface area (Å²) in [6.07, 6.45) is 1.54. The summed E-state index contributed by atoms with van der Waals surface area (Å²) in [7, 11) is 0. The number of hydrogen-bond acceptors (Lipinski definition) is 6. The van der Waals surface area contributed by atoms with Crippen LogP contribution in [0.2, 0.25) is 0 Å². The van der Waals surface area contributed by atoms with Crippen molar-refractivity contribution < 1.29 is 13.9 Å². The summed E-state index contributed by atoms with van der Waals surface area (Å²) >= 11 is 0. The van der Waals surface area contributed by atoms with Gasteiger partial charge in [0.2, 0.25) is 0 Å². The van der Waals surface area contributed by atoms with E-state index in [2.05, 4.69) is 32.2 Å². The van der Waals surface area contributed by atoms with Crippen molar-refractivity contribution in [3.63, 3.8) is 0 Å². The number of esters is 1. The van der Waals surface area contributed by atoms with E-state index in [1.54, 1.807) is 30.5 Å². The minimum atomic E-state index is -0.338. The lowest BCUT2D eigenvalue weighted by Gasteiger charge is -2.36. The topological polar surface area (TPSA) is 57.7 Å². The third-order valence-electron chi connectivity index (χ3n) is 5.51. The molecule has 172 valence electrons. The first kappa shape index (κ1) is 22.7. The van der Waals surface area contributed by atoms with Crippen LogP contribution in [-0.4, -0.2) is 48.1 Å². The molecule has 0 spiro atoms. The lowest BCUT2D eigenvalue weighted by molar-refractivity contribution is 0.0378. The van der Waals surface area contributed by atoms with Gasteiger partial charge in [0.25, 0.3) is 0 Å². The first-order chi connectivity index (χ1) is 16.0. The number of halogens is 1. The van der Waals surface area contributed by atoms with Gasteiger partial charge in [0.1, 0.15) is 17.2 Å². The second-order valence-electron chi connectivity index (χ2n) is 8.40. The molecule has 1 saturated heterocycles. The van der Waals surface area contributed by atoms with E-state index in [-0.39, 0.29) is 17.9 Å². The highest BCUT2D eigenvalue weighted by atomic mass is 19.1. The minimum absolute atomic E-state index is 0.175. The summed E-state index contributed by atoms with van der Waals surface area (Å²) in [5.41, 5.74) is 2.99. The molecule has 0 atom stereocenters. The Morgan fingerprint density at radius 1 is 1.06 bits per heavy atom. The summed E-state index contributed by atoms with van der Waals surface area (Å²) in [5.74, 6) is 0.0683. The van der Waals surface area contributed by atoms with E-state index in [9.17, 15) is 9.18 Å². The van der Waals surface area contributed by atoms with Gasteiger partial charge in [-0.15, -0.1) is 0 Å². The van der Waals surface area contributed by atoms with Gasteiger partial charge in [0.05, 0.1) is 11.8 Å². The van der Waals surface area contributed by atoms with Crippen molar-refractivity contribution in [3.05, 3.63) is 83.8 Å². The average molecular weight is 449 g/mol. The largest absolute Gasteiger partial charge is 0.459 e. The highest BCUT2D eigenvalue weighted by Crippen LogP contribution is 2.23. The van der Waals surface area contributed by atoms with Gasteiger partial charge in [-0.3, -0.25) is 4.90 Å². The van der Waals surface area contributed by atoms with Crippen LogP contribution in [0.15, 0.2) is 66.9 Å². The van der Waals surface area contributed by atoms with Gasteiger partial charge in [0, 0.05) is 44.6 Å². The van der Waals surface area contributed by atoms with Crippen molar-refractivity contribution in [1.82, 2.24) is 9.88 Å². The van der Waals surface area contributed by atoms with Crippen LogP contribution in [0.1, 0.15) is 29.8 Å². The zero-order valence-electron chi connectivity index (χ0n) is 19.0. The fourth-order valence-corrected chi connectivity index (χ4v) is 3.93. The zero-order chi connectivity index (χ0) is 23.2. The Morgan fingerprint density at radius 2 is 1.85 bits per heavy atom. The number of aromatic nitrogens is 1. The van der Waals surface area contributed by atoms with Gasteiger partial charge >= 0.3 is 5.97 Å². The summed E-state index contributed by atoms with van der Waals surface area (Å²) in [6.45, 7) is 7.71. The van der Waals surface area contributed by atoms with Crippen molar-refractivity contribution >= 4 is 23.2 Å². The maximum atomic E-state index is 14.0. The number of para-hydroxylation sites is 1. The quantitative estimate of drug-likeness (QED) is 0.522. The molecule has 0 aliphatic carbocycles. The fourth-order valence-electron chi connectivity index (χ4n) is 3.93. The van der Waals surface area contributed by atoms with Gasteiger partial charge in [-0.25, -0.2) is 14.2 Å². The van der Waals surface area contributed by atoms with E-state index in [1.165, 1.54) is 6.07 Å². The molecule has 1 aliphatic rings. The first-order valence-electron chi connectivity index (χ1n) is 11.2. The van der Waals surface area contributed by atoms with Crippen LogP contribution < -0.4 is 10.2 Å². The molecule has 1 aliphatic heterocycles. The second-order valence-corrected chi connectivity index (χ2v) is 8.40. The second kappa shape index (κ2) is 10.4. The maximum Gasteiger partial charge on any atom is 0.342 e. The van der Waals surface area contributed by atoms with Crippen molar-refractivity contribution in [1.29, 1.82) is 0 Å². The van der Waals surface area contributed by atoms with Gasteiger partial charge < -0.3 is 15.0 Å². The van der Waals surface area contributed by atoms with E-state index < -0.39 is 0 Å². The molecular weight excluding hydrogens is 419 g/mol. The number of pyridine rings is 1. The van der Waals surface area contributed by atoms with Crippen LogP contribution in [0.4, 0.5) is 21.6 Å². The van der Waals surface area contributed by atoms with E-state index in [1.807, 2.05) is 32.0 Å². The molecule has 4 rings (SSSR count). The summed E-state index contributed by atoms with van der Waals surface area (Å²) in [4.78, 5) is 21.5. The van der Waals surface area contributed by atoms with Crippen LogP contribution in [-0.2, 0) is 11.3 Å². The number of nitrogens with zero attached hydrogens (tertiary/aromatic N) is 3. The van der Waals surface area contributed by atoms with Crippen molar-refractivity contribution in [3.8, 4) is 0 Å². The summed E-state index contributed by atoms with van der Waals surface area (Å²) < 4.78 is 19.3. The van der Waals surface area contributed by atoms with Crippen LogP contribution in [0.3, 0.4) is 0 Å². The molecule has 6 nitrogen and oxygen atoms in total. The number of nitrogens with one attached hydrogen (secondary N) is 1. The van der Waals surface area contributed by atoms with E-state index in [4.69, 9.17) is 4.74 Å². The molecule has 0 amide bonds. The standard InChI is InChI=1S/C26H29FN4O2/c1-19(2)33-26(32)22-9-6-12-28-25(22)31-15-13-30(14-16-31)18-20-7-5-8-21(17-20)29-24-11-4-3-10-23(24)27/h3-12,17,19,29H,13-16,18H2,1-2H3. The Morgan fingerprint density at radius 3 is 2.61 bits per heavy atom. The Balaban J connectivity index is 1.37. The smallest absolute Gasteiger partial charge is 0.342 e. The number of carbonyl (C=O) groups is 1. The fraction of sp³-hybridized carbons (Fsp3) is 0.308. The molecule has 1 N–H and O–H groups in total. The molecule has 1 fully saturated rings. The van der Waals surface area contributed by atoms with E-state index in [0.717, 1.165) is 44.0 Å². The minimum Gasteiger partial charge on any atom is -0.459 e. The van der Waals surface area contributed by atoms with Crippen LogP contribution in [0.25, 0.3) is 0 Å². The normalized spacial score (nSPS) is 14.4. The molecule has 1 aromatic heterocycles. The molecule has 0 unspecified atom stereocenters. The van der Waals surface area contributed by atoms with Gasteiger partial charge in [-0.2, -0.15) is 0 Å². The number of carbonyl (C=O) groups excluding carboxylic acids is 1. The predicted octanol–water partition coefficient (Wildman–Crippen LogP) is 4.85. The maximum absolute atomic E-state index is 14.0. The SMILES string of the molecule is CC(C)OC(=O)c1cccnc1N1CCN(Cc2cccc(Nc3ccccc3F)c2)CC1. The number of anilines is 3. The Kier molecular flexibility index (Phi) is 7.19. The number of benzene rings is 2. The summed E-state index contributed by atoms with van der Waals surface area (Å²) in [5, 5.41) is 3.15. The molecule has 0 radical (unpaired) electrons. The van der Waals surface area contributed by atoms with Crippen LogP contribution in [0, 0.1) is 5.82 Å². The molecule has 0 saturated carbocycles. The molecule has 2 aromatic carbocycles. The third kappa shape index (κ3) is 5.87. The molecule has 2 heterocycles. The van der Waals surface area contributed by atoms with Crippen LogP contribution >= 0.6 is 0 Å². The average Bonchev–Trinajstić information content (AvgIpc) is 2.81. The van der Waals surface area contributed by atoms with Crippen molar-refractivity contribution in [2.24, 2.45) is 0 Å². The van der Waals surface area contributed by atoms with Gasteiger partial charge in [-0.05, 0) is 55.8 Å². The first-order valence-corrected chi connectivity index (χ1v) is 11.2. The van der Waals surface area contributed by atoms with Gasteiger partial charge in [-0.1, -0.05) is 24.3 Å². The number of piperazine rings is 1. The van der Waals surface area contributed by atoms with E-state index in [0.29, 0.717) is 17.1 Å². The Hall–Kier alpha value is -3.45. The van der Waals surface area contributed by atoms with E-state index >= 15 is 0 Å². The molecule has 0 bridgehead atoms. The summed E-state index contributed by atoms with van der Waals surface area (Å²) in [6, 6.07) is 18.2. The molecule has 3 aromatic rings. The van der Waals surface area contributed by atoms with Crippen molar-refractivity contribution in [2.45, 2.75) is 26.5 Å². The number of ether oxygens (including phenoxy) is 1. The molecular formula is C26H29FN4O2. The zero-order valence-corrected chi connectivity index (χ0v) is 19.0. The predicted molar refractivity (Wildman–Crippen MR) is 128 cm³/mol. The Bertz CT molecular complexity index is 1100. The number of hydrogen-bond donors (Lipinski definition) is 1. The third-order valence-corrected chi connectivity index (χ3v) is 5.51. The highest BCUT2D eigenvalue weighted by Gasteiger charge is 2.23. The monoisotopic (exact) mass is 448 g/mol. The highest BCUT2D eigenvalue weighted by molar-refractivity contribution is 5.94. The Labute approximate surface area is 194 Å². The lowest BCUT2D eigenvalue weighted by Crippen LogP contribution is -2.46. The van der Waals surface area contributed by atoms with Gasteiger partial charge in [0.15, 0.2) is 0 Å². The molecule has 7 heteroatoms. The number of rotatable bonds is 7.